The van der Waals surface area contributed by atoms with Crippen molar-refractivity contribution in [3.05, 3.63) is 34.9 Å². The van der Waals surface area contributed by atoms with Crippen LogP contribution in [-0.4, -0.2) is 13.1 Å². The molecule has 0 saturated carbocycles. The van der Waals surface area contributed by atoms with E-state index in [0.29, 0.717) is 6.04 Å². The number of benzene rings is 1. The van der Waals surface area contributed by atoms with E-state index in [4.69, 9.17) is 0 Å². The molecular weight excluding hydrogens is 194 g/mol. The molecular formula is C15H25N. The number of nitrogens with one attached hydrogen (secondary N) is 1. The Kier molecular flexibility index (Phi) is 5.54. The first-order chi connectivity index (χ1) is 7.69. The van der Waals surface area contributed by atoms with Gasteiger partial charge in [-0.05, 0) is 63.3 Å². The molecule has 1 atom stereocenters. The van der Waals surface area contributed by atoms with Crippen molar-refractivity contribution in [1.29, 1.82) is 0 Å². The van der Waals surface area contributed by atoms with Crippen LogP contribution in [0.5, 0.6) is 0 Å². The maximum Gasteiger partial charge on any atom is 0.00615 e. The zero-order chi connectivity index (χ0) is 12.0. The number of rotatable bonds is 6. The molecule has 0 bridgehead atoms. The Bertz CT molecular complexity index is 293. The van der Waals surface area contributed by atoms with Crippen molar-refractivity contribution in [2.75, 3.05) is 7.05 Å². The molecule has 1 rings (SSSR count). The Balaban J connectivity index is 2.48. The SMILES string of the molecule is CCC(CCCc1c(C)cccc1C)NC. The summed E-state index contributed by atoms with van der Waals surface area (Å²) in [6.45, 7) is 6.69. The van der Waals surface area contributed by atoms with Gasteiger partial charge in [0.2, 0.25) is 0 Å². The Morgan fingerprint density at radius 2 is 1.81 bits per heavy atom. The van der Waals surface area contributed by atoms with Crippen LogP contribution in [0.1, 0.15) is 42.9 Å². The smallest absolute Gasteiger partial charge is 0.00615 e. The van der Waals surface area contributed by atoms with E-state index < -0.39 is 0 Å². The fraction of sp³-hybridized carbons (Fsp3) is 0.600. The number of hydrogen-bond acceptors (Lipinski definition) is 1. The maximum absolute atomic E-state index is 3.37. The average molecular weight is 219 g/mol. The highest BCUT2D eigenvalue weighted by atomic mass is 14.9. The summed E-state index contributed by atoms with van der Waals surface area (Å²) in [4.78, 5) is 0. The molecule has 0 aliphatic rings. The van der Waals surface area contributed by atoms with Crippen molar-refractivity contribution >= 4 is 0 Å². The summed E-state index contributed by atoms with van der Waals surface area (Å²) in [7, 11) is 2.06. The van der Waals surface area contributed by atoms with Crippen molar-refractivity contribution in [1.82, 2.24) is 5.32 Å². The minimum Gasteiger partial charge on any atom is -0.317 e. The van der Waals surface area contributed by atoms with E-state index >= 15 is 0 Å². The molecule has 0 saturated heterocycles. The van der Waals surface area contributed by atoms with Crippen LogP contribution in [0, 0.1) is 13.8 Å². The molecule has 1 aromatic carbocycles. The summed E-state index contributed by atoms with van der Waals surface area (Å²) in [5, 5.41) is 3.37. The van der Waals surface area contributed by atoms with Crippen molar-refractivity contribution in [2.24, 2.45) is 0 Å². The number of aryl methyl sites for hydroxylation is 2. The molecule has 0 aliphatic heterocycles. The van der Waals surface area contributed by atoms with Crippen molar-refractivity contribution < 1.29 is 0 Å². The van der Waals surface area contributed by atoms with Crippen molar-refractivity contribution in [3.8, 4) is 0 Å². The average Bonchev–Trinajstić information content (AvgIpc) is 2.28. The van der Waals surface area contributed by atoms with Crippen LogP contribution >= 0.6 is 0 Å². The van der Waals surface area contributed by atoms with Crippen molar-refractivity contribution in [3.63, 3.8) is 0 Å². The number of hydrogen-bond donors (Lipinski definition) is 1. The third kappa shape index (κ3) is 3.64. The maximum atomic E-state index is 3.37. The molecule has 0 radical (unpaired) electrons. The van der Waals surface area contributed by atoms with E-state index in [1.54, 1.807) is 5.56 Å². The zero-order valence-corrected chi connectivity index (χ0v) is 11.1. The van der Waals surface area contributed by atoms with Gasteiger partial charge >= 0.3 is 0 Å². The predicted molar refractivity (Wildman–Crippen MR) is 72.0 cm³/mol. The Morgan fingerprint density at radius 1 is 1.19 bits per heavy atom. The minimum atomic E-state index is 0.685. The topological polar surface area (TPSA) is 12.0 Å². The van der Waals surface area contributed by atoms with E-state index in [-0.39, 0.29) is 0 Å². The van der Waals surface area contributed by atoms with E-state index in [1.807, 2.05) is 0 Å². The van der Waals surface area contributed by atoms with Gasteiger partial charge in [-0.25, -0.2) is 0 Å². The summed E-state index contributed by atoms with van der Waals surface area (Å²) in [5.74, 6) is 0. The van der Waals surface area contributed by atoms with Crippen LogP contribution in [0.4, 0.5) is 0 Å². The van der Waals surface area contributed by atoms with Gasteiger partial charge in [-0.2, -0.15) is 0 Å². The van der Waals surface area contributed by atoms with Gasteiger partial charge in [0.15, 0.2) is 0 Å². The molecule has 1 N–H and O–H groups in total. The van der Waals surface area contributed by atoms with Gasteiger partial charge in [0.05, 0.1) is 0 Å². The molecule has 0 aromatic heterocycles. The van der Waals surface area contributed by atoms with Gasteiger partial charge in [-0.1, -0.05) is 25.1 Å². The molecule has 90 valence electrons. The molecule has 0 amide bonds. The van der Waals surface area contributed by atoms with Gasteiger partial charge < -0.3 is 5.32 Å². The third-order valence-corrected chi connectivity index (χ3v) is 3.52. The highest BCUT2D eigenvalue weighted by Crippen LogP contribution is 2.16. The van der Waals surface area contributed by atoms with Crippen LogP contribution in [0.15, 0.2) is 18.2 Å². The first kappa shape index (κ1) is 13.2. The molecule has 16 heavy (non-hydrogen) atoms. The molecule has 1 nitrogen and oxygen atoms in total. The second-order valence-electron chi connectivity index (χ2n) is 4.66. The molecule has 0 heterocycles. The lowest BCUT2D eigenvalue weighted by Gasteiger charge is -2.14. The van der Waals surface area contributed by atoms with Crippen molar-refractivity contribution in [2.45, 2.75) is 52.5 Å². The minimum absolute atomic E-state index is 0.685. The monoisotopic (exact) mass is 219 g/mol. The Hall–Kier alpha value is -0.820. The van der Waals surface area contributed by atoms with E-state index in [2.05, 4.69) is 51.3 Å². The van der Waals surface area contributed by atoms with Gasteiger partial charge in [-0.3, -0.25) is 0 Å². The zero-order valence-electron chi connectivity index (χ0n) is 11.1. The second-order valence-corrected chi connectivity index (χ2v) is 4.66. The lowest BCUT2D eigenvalue weighted by Crippen LogP contribution is -2.24. The fourth-order valence-electron chi connectivity index (χ4n) is 2.32. The van der Waals surface area contributed by atoms with Crippen LogP contribution in [0.2, 0.25) is 0 Å². The van der Waals surface area contributed by atoms with Gasteiger partial charge in [0.25, 0.3) is 0 Å². The Morgan fingerprint density at radius 3 is 2.31 bits per heavy atom. The molecule has 0 aliphatic carbocycles. The summed E-state index contributed by atoms with van der Waals surface area (Å²) in [6.07, 6.45) is 5.01. The second kappa shape index (κ2) is 6.70. The van der Waals surface area contributed by atoms with E-state index in [9.17, 15) is 0 Å². The molecule has 1 aromatic rings. The lowest BCUT2D eigenvalue weighted by atomic mass is 9.96. The summed E-state index contributed by atoms with van der Waals surface area (Å²) >= 11 is 0. The van der Waals surface area contributed by atoms with Gasteiger partial charge in [0.1, 0.15) is 0 Å². The van der Waals surface area contributed by atoms with Crippen LogP contribution in [0.3, 0.4) is 0 Å². The molecule has 1 heteroatoms. The quantitative estimate of drug-likeness (QED) is 0.770. The predicted octanol–water partition coefficient (Wildman–Crippen LogP) is 3.62. The lowest BCUT2D eigenvalue weighted by molar-refractivity contribution is 0.491. The highest BCUT2D eigenvalue weighted by Gasteiger charge is 2.05. The Labute approximate surface area is 100 Å². The molecule has 1 unspecified atom stereocenters. The highest BCUT2D eigenvalue weighted by molar-refractivity contribution is 5.33. The first-order valence-corrected chi connectivity index (χ1v) is 6.41. The normalized spacial score (nSPS) is 12.8. The molecule has 0 fully saturated rings. The van der Waals surface area contributed by atoms with Crippen LogP contribution < -0.4 is 5.32 Å². The largest absolute Gasteiger partial charge is 0.317 e. The third-order valence-electron chi connectivity index (χ3n) is 3.52. The van der Waals surface area contributed by atoms with E-state index in [0.717, 1.165) is 0 Å². The van der Waals surface area contributed by atoms with Crippen LogP contribution in [-0.2, 0) is 6.42 Å². The summed E-state index contributed by atoms with van der Waals surface area (Å²) < 4.78 is 0. The standard InChI is InChI=1S/C15H25N/c1-5-14(16-4)10-7-11-15-12(2)8-6-9-13(15)3/h6,8-9,14,16H,5,7,10-11H2,1-4H3. The van der Waals surface area contributed by atoms with E-state index in [1.165, 1.54) is 36.8 Å². The fourth-order valence-corrected chi connectivity index (χ4v) is 2.32. The van der Waals surface area contributed by atoms with Crippen LogP contribution in [0.25, 0.3) is 0 Å². The van der Waals surface area contributed by atoms with Gasteiger partial charge in [0, 0.05) is 6.04 Å². The molecule has 0 spiro atoms. The van der Waals surface area contributed by atoms with Gasteiger partial charge in [-0.15, -0.1) is 0 Å². The summed E-state index contributed by atoms with van der Waals surface area (Å²) in [5.41, 5.74) is 4.43. The summed E-state index contributed by atoms with van der Waals surface area (Å²) in [6, 6.07) is 7.27. The first-order valence-electron chi connectivity index (χ1n) is 6.41.